The quantitative estimate of drug-likeness (QED) is 0.719. The molecule has 0 atom stereocenters. The molecule has 3 nitrogen and oxygen atoms in total. The van der Waals surface area contributed by atoms with Crippen LogP contribution in [0.15, 0.2) is 40.8 Å². The third-order valence-corrected chi connectivity index (χ3v) is 3.63. The van der Waals surface area contributed by atoms with E-state index in [9.17, 15) is 0 Å². The fourth-order valence-corrected chi connectivity index (χ4v) is 2.58. The molecule has 0 fully saturated rings. The number of fused-ring (bicyclic) bond motifs is 2. The highest BCUT2D eigenvalue weighted by molar-refractivity contribution is 5.77. The maximum Gasteiger partial charge on any atom is 0.227 e. The maximum atomic E-state index is 5.86. The lowest BCUT2D eigenvalue weighted by Crippen LogP contribution is -1.99. The molecule has 0 bridgehead atoms. The normalized spacial score (nSPS) is 13.9. The van der Waals surface area contributed by atoms with Gasteiger partial charge in [-0.25, -0.2) is 4.98 Å². The zero-order chi connectivity index (χ0) is 12.8. The molecule has 0 saturated heterocycles. The van der Waals surface area contributed by atoms with Crippen molar-refractivity contribution in [3.63, 3.8) is 0 Å². The van der Waals surface area contributed by atoms with Gasteiger partial charge in [0.1, 0.15) is 5.52 Å². The zero-order valence-corrected chi connectivity index (χ0v) is 10.7. The molecule has 1 aliphatic rings. The van der Waals surface area contributed by atoms with E-state index < -0.39 is 0 Å². The van der Waals surface area contributed by atoms with E-state index >= 15 is 0 Å². The molecule has 94 valence electrons. The van der Waals surface area contributed by atoms with Gasteiger partial charge in [0, 0.05) is 18.7 Å². The van der Waals surface area contributed by atoms with Gasteiger partial charge in [-0.05, 0) is 47.9 Å². The first-order chi connectivity index (χ1) is 9.29. The van der Waals surface area contributed by atoms with E-state index in [-0.39, 0.29) is 0 Å². The molecular weight excluding hydrogens is 236 g/mol. The Bertz CT molecular complexity index is 774. The third kappa shape index (κ3) is 1.74. The number of hydrogen-bond donors (Lipinski definition) is 1. The molecule has 1 aromatic heterocycles. The monoisotopic (exact) mass is 250 g/mol. The van der Waals surface area contributed by atoms with Crippen LogP contribution >= 0.6 is 0 Å². The molecule has 0 saturated carbocycles. The van der Waals surface area contributed by atoms with Gasteiger partial charge in [-0.3, -0.25) is 0 Å². The SMILES string of the molecule is Cc1ccc2nc(-c3ccc4c(c3)CNC4)oc2c1. The summed E-state index contributed by atoms with van der Waals surface area (Å²) in [5, 5.41) is 3.35. The van der Waals surface area contributed by atoms with Gasteiger partial charge in [0.25, 0.3) is 0 Å². The van der Waals surface area contributed by atoms with Crippen LogP contribution in [0.2, 0.25) is 0 Å². The molecule has 3 aromatic rings. The zero-order valence-electron chi connectivity index (χ0n) is 10.7. The fourth-order valence-electron chi connectivity index (χ4n) is 2.58. The summed E-state index contributed by atoms with van der Waals surface area (Å²) in [7, 11) is 0. The summed E-state index contributed by atoms with van der Waals surface area (Å²) in [5.74, 6) is 0.704. The minimum atomic E-state index is 0.704. The second-order valence-corrected chi connectivity index (χ2v) is 5.08. The van der Waals surface area contributed by atoms with Crippen LogP contribution in [0, 0.1) is 6.92 Å². The highest BCUT2D eigenvalue weighted by atomic mass is 16.3. The molecule has 19 heavy (non-hydrogen) atoms. The molecule has 0 radical (unpaired) electrons. The first-order valence-corrected chi connectivity index (χ1v) is 6.50. The van der Waals surface area contributed by atoms with Gasteiger partial charge in [0.15, 0.2) is 5.58 Å². The number of hydrogen-bond acceptors (Lipinski definition) is 3. The molecule has 0 spiro atoms. The van der Waals surface area contributed by atoms with Crippen molar-refractivity contribution in [2.45, 2.75) is 20.0 Å². The van der Waals surface area contributed by atoms with Crippen LogP contribution in [0.1, 0.15) is 16.7 Å². The Morgan fingerprint density at radius 3 is 2.89 bits per heavy atom. The molecule has 0 aliphatic carbocycles. The van der Waals surface area contributed by atoms with Crippen LogP contribution in [0.3, 0.4) is 0 Å². The number of benzene rings is 2. The number of nitrogens with one attached hydrogen (secondary N) is 1. The largest absolute Gasteiger partial charge is 0.436 e. The van der Waals surface area contributed by atoms with Crippen molar-refractivity contribution >= 4 is 11.1 Å². The summed E-state index contributed by atoms with van der Waals surface area (Å²) in [5.41, 5.74) is 6.73. The van der Waals surface area contributed by atoms with Gasteiger partial charge in [-0.2, -0.15) is 0 Å². The number of aryl methyl sites for hydroxylation is 1. The first-order valence-electron chi connectivity index (χ1n) is 6.50. The van der Waals surface area contributed by atoms with Crippen molar-refractivity contribution in [2.75, 3.05) is 0 Å². The van der Waals surface area contributed by atoms with Crippen LogP contribution in [0.5, 0.6) is 0 Å². The number of nitrogens with zero attached hydrogens (tertiary/aromatic N) is 1. The van der Waals surface area contributed by atoms with Gasteiger partial charge in [-0.1, -0.05) is 12.1 Å². The summed E-state index contributed by atoms with van der Waals surface area (Å²) in [6.07, 6.45) is 0. The van der Waals surface area contributed by atoms with Gasteiger partial charge < -0.3 is 9.73 Å². The van der Waals surface area contributed by atoms with Crippen molar-refractivity contribution in [3.05, 3.63) is 53.1 Å². The Labute approximate surface area is 111 Å². The Morgan fingerprint density at radius 2 is 1.95 bits per heavy atom. The molecule has 1 aliphatic heterocycles. The molecule has 0 unspecified atom stereocenters. The van der Waals surface area contributed by atoms with Gasteiger partial charge in [-0.15, -0.1) is 0 Å². The Balaban J connectivity index is 1.85. The van der Waals surface area contributed by atoms with E-state index in [0.29, 0.717) is 5.89 Å². The van der Waals surface area contributed by atoms with E-state index in [1.165, 1.54) is 16.7 Å². The molecular formula is C16H14N2O. The average molecular weight is 250 g/mol. The van der Waals surface area contributed by atoms with Crippen LogP contribution in [0.4, 0.5) is 0 Å². The van der Waals surface area contributed by atoms with Crippen molar-refractivity contribution in [1.82, 2.24) is 10.3 Å². The first kappa shape index (κ1) is 10.8. The lowest BCUT2D eigenvalue weighted by Gasteiger charge is -2.00. The molecule has 4 rings (SSSR count). The summed E-state index contributed by atoms with van der Waals surface area (Å²) in [6.45, 7) is 3.95. The molecule has 2 aromatic carbocycles. The summed E-state index contributed by atoms with van der Waals surface area (Å²) >= 11 is 0. The topological polar surface area (TPSA) is 38.1 Å². The Hall–Kier alpha value is -2.13. The van der Waals surface area contributed by atoms with Gasteiger partial charge >= 0.3 is 0 Å². The van der Waals surface area contributed by atoms with Crippen LogP contribution < -0.4 is 5.32 Å². The van der Waals surface area contributed by atoms with E-state index in [1.54, 1.807) is 0 Å². The van der Waals surface area contributed by atoms with Crippen LogP contribution in [-0.4, -0.2) is 4.98 Å². The van der Waals surface area contributed by atoms with Crippen molar-refractivity contribution in [3.8, 4) is 11.5 Å². The molecule has 3 heteroatoms. The van der Waals surface area contributed by atoms with Gasteiger partial charge in [0.2, 0.25) is 5.89 Å². The van der Waals surface area contributed by atoms with Crippen molar-refractivity contribution < 1.29 is 4.42 Å². The molecule has 1 N–H and O–H groups in total. The fraction of sp³-hybridized carbons (Fsp3) is 0.188. The number of aromatic nitrogens is 1. The number of rotatable bonds is 1. The minimum Gasteiger partial charge on any atom is -0.436 e. The average Bonchev–Trinajstić information content (AvgIpc) is 3.02. The van der Waals surface area contributed by atoms with E-state index in [4.69, 9.17) is 4.42 Å². The Morgan fingerprint density at radius 1 is 1.05 bits per heavy atom. The highest BCUT2D eigenvalue weighted by Crippen LogP contribution is 2.27. The van der Waals surface area contributed by atoms with Crippen LogP contribution in [0.25, 0.3) is 22.6 Å². The smallest absolute Gasteiger partial charge is 0.227 e. The lowest BCUT2D eigenvalue weighted by atomic mass is 10.1. The van der Waals surface area contributed by atoms with Crippen LogP contribution in [-0.2, 0) is 13.1 Å². The minimum absolute atomic E-state index is 0.704. The standard InChI is InChI=1S/C16H14N2O/c1-10-2-5-14-15(6-10)19-16(18-14)11-3-4-12-8-17-9-13(12)7-11/h2-7,17H,8-9H2,1H3. The Kier molecular flexibility index (Phi) is 2.23. The van der Waals surface area contributed by atoms with E-state index in [2.05, 4.69) is 41.5 Å². The van der Waals surface area contributed by atoms with Crippen molar-refractivity contribution in [2.24, 2.45) is 0 Å². The van der Waals surface area contributed by atoms with Crippen molar-refractivity contribution in [1.29, 1.82) is 0 Å². The highest BCUT2D eigenvalue weighted by Gasteiger charge is 2.13. The second kappa shape index (κ2) is 3.93. The van der Waals surface area contributed by atoms with E-state index in [1.807, 2.05) is 12.1 Å². The summed E-state index contributed by atoms with van der Waals surface area (Å²) < 4.78 is 5.86. The molecule has 2 heterocycles. The summed E-state index contributed by atoms with van der Waals surface area (Å²) in [6, 6.07) is 12.5. The predicted molar refractivity (Wildman–Crippen MR) is 74.7 cm³/mol. The van der Waals surface area contributed by atoms with Gasteiger partial charge in [0.05, 0.1) is 0 Å². The van der Waals surface area contributed by atoms with E-state index in [0.717, 1.165) is 29.8 Å². The second-order valence-electron chi connectivity index (χ2n) is 5.08. The third-order valence-electron chi connectivity index (χ3n) is 3.63. The number of oxazole rings is 1. The molecule has 0 amide bonds. The predicted octanol–water partition coefficient (Wildman–Crippen LogP) is 3.41. The maximum absolute atomic E-state index is 5.86. The summed E-state index contributed by atoms with van der Waals surface area (Å²) in [4.78, 5) is 4.56. The lowest BCUT2D eigenvalue weighted by molar-refractivity contribution is 0.619.